The van der Waals surface area contributed by atoms with Gasteiger partial charge in [-0.05, 0) is 32.9 Å². The van der Waals surface area contributed by atoms with Gasteiger partial charge in [-0.2, -0.15) is 8.78 Å². The number of carbonyl (C=O) groups excluding carboxylic acids is 1. The standard InChI is InChI=1S/C14H18F2N4O/c1-9(2)19-7-6-17-12(19)8-18-13(21)11-5-4-10(3)20(11)14(15)16/h4-7,9,14H,8H2,1-3H3,(H,18,21). The van der Waals surface area contributed by atoms with E-state index in [1.54, 1.807) is 6.20 Å². The third-order valence-electron chi connectivity index (χ3n) is 3.26. The molecule has 0 bridgehead atoms. The van der Waals surface area contributed by atoms with E-state index in [1.807, 2.05) is 24.6 Å². The summed E-state index contributed by atoms with van der Waals surface area (Å²) < 4.78 is 28.5. The number of hydrogen-bond acceptors (Lipinski definition) is 2. The van der Waals surface area contributed by atoms with Crippen LogP contribution in [0.1, 0.15) is 48.4 Å². The van der Waals surface area contributed by atoms with Gasteiger partial charge in [0.15, 0.2) is 0 Å². The van der Waals surface area contributed by atoms with E-state index < -0.39 is 12.5 Å². The SMILES string of the molecule is Cc1ccc(C(=O)NCc2nccn2C(C)C)n1C(F)F. The monoisotopic (exact) mass is 296 g/mol. The third kappa shape index (κ3) is 3.12. The Hall–Kier alpha value is -2.18. The van der Waals surface area contributed by atoms with E-state index in [0.717, 1.165) is 0 Å². The predicted octanol–water partition coefficient (Wildman–Crippen LogP) is 2.90. The number of alkyl halides is 2. The number of hydrogen-bond donors (Lipinski definition) is 1. The normalized spacial score (nSPS) is 11.4. The first-order chi connectivity index (χ1) is 9.91. The van der Waals surface area contributed by atoms with Gasteiger partial charge >= 0.3 is 6.55 Å². The van der Waals surface area contributed by atoms with Crippen molar-refractivity contribution in [2.45, 2.75) is 39.9 Å². The fourth-order valence-corrected chi connectivity index (χ4v) is 2.20. The smallest absolute Gasteiger partial charge is 0.319 e. The molecule has 0 radical (unpaired) electrons. The highest BCUT2D eigenvalue weighted by molar-refractivity contribution is 5.92. The Bertz CT molecular complexity index is 631. The van der Waals surface area contributed by atoms with Crippen LogP contribution in [0.25, 0.3) is 0 Å². The molecule has 0 spiro atoms. The minimum Gasteiger partial charge on any atom is -0.344 e. The van der Waals surface area contributed by atoms with Gasteiger partial charge in [0, 0.05) is 24.1 Å². The average molecular weight is 296 g/mol. The van der Waals surface area contributed by atoms with Crippen molar-refractivity contribution in [3.05, 3.63) is 41.7 Å². The molecular formula is C14H18F2N4O. The molecule has 1 N–H and O–H groups in total. The number of carbonyl (C=O) groups is 1. The average Bonchev–Trinajstić information content (AvgIpc) is 3.01. The Balaban J connectivity index is 2.11. The number of nitrogens with zero attached hydrogens (tertiary/aromatic N) is 3. The molecule has 2 aromatic heterocycles. The van der Waals surface area contributed by atoms with E-state index in [2.05, 4.69) is 10.3 Å². The van der Waals surface area contributed by atoms with Crippen molar-refractivity contribution in [2.75, 3.05) is 0 Å². The summed E-state index contributed by atoms with van der Waals surface area (Å²) in [4.78, 5) is 16.2. The molecule has 2 heterocycles. The molecule has 114 valence electrons. The largest absolute Gasteiger partial charge is 0.344 e. The lowest BCUT2D eigenvalue weighted by Gasteiger charge is -2.13. The molecule has 0 aromatic carbocycles. The van der Waals surface area contributed by atoms with Crippen LogP contribution in [0, 0.1) is 6.92 Å². The lowest BCUT2D eigenvalue weighted by Crippen LogP contribution is -2.27. The first-order valence-electron chi connectivity index (χ1n) is 6.67. The molecular weight excluding hydrogens is 278 g/mol. The van der Waals surface area contributed by atoms with Crippen molar-refractivity contribution >= 4 is 5.91 Å². The highest BCUT2D eigenvalue weighted by Crippen LogP contribution is 2.18. The fraction of sp³-hybridized carbons (Fsp3) is 0.429. The van der Waals surface area contributed by atoms with Gasteiger partial charge in [-0.15, -0.1) is 0 Å². The van der Waals surface area contributed by atoms with Gasteiger partial charge in [0.2, 0.25) is 0 Å². The first-order valence-corrected chi connectivity index (χ1v) is 6.67. The zero-order valence-corrected chi connectivity index (χ0v) is 12.2. The van der Waals surface area contributed by atoms with Crippen LogP contribution in [0.4, 0.5) is 8.78 Å². The molecule has 0 atom stereocenters. The molecule has 2 aromatic rings. The van der Waals surface area contributed by atoms with Crippen LogP contribution in [0.3, 0.4) is 0 Å². The summed E-state index contributed by atoms with van der Waals surface area (Å²) in [5.41, 5.74) is 0.295. The maximum absolute atomic E-state index is 12.9. The molecule has 21 heavy (non-hydrogen) atoms. The Labute approximate surface area is 121 Å². The highest BCUT2D eigenvalue weighted by Gasteiger charge is 2.19. The van der Waals surface area contributed by atoms with E-state index >= 15 is 0 Å². The number of imidazole rings is 1. The minimum absolute atomic E-state index is 0.0508. The molecule has 0 unspecified atom stereocenters. The van der Waals surface area contributed by atoms with E-state index in [0.29, 0.717) is 16.1 Å². The molecule has 1 amide bonds. The summed E-state index contributed by atoms with van der Waals surface area (Å²) in [6.07, 6.45) is 3.46. The number of aromatic nitrogens is 3. The zero-order chi connectivity index (χ0) is 15.6. The fourth-order valence-electron chi connectivity index (χ4n) is 2.20. The van der Waals surface area contributed by atoms with Crippen LogP contribution < -0.4 is 5.32 Å². The molecule has 7 heteroatoms. The molecule has 2 rings (SSSR count). The molecule has 0 saturated carbocycles. The van der Waals surface area contributed by atoms with Crippen molar-refractivity contribution in [3.63, 3.8) is 0 Å². The summed E-state index contributed by atoms with van der Waals surface area (Å²) in [6.45, 7) is 2.99. The summed E-state index contributed by atoms with van der Waals surface area (Å²) in [5.74, 6) is 0.145. The van der Waals surface area contributed by atoms with Gasteiger partial charge in [-0.25, -0.2) is 4.98 Å². The molecule has 0 fully saturated rings. The Morgan fingerprint density at radius 2 is 2.10 bits per heavy atom. The summed E-state index contributed by atoms with van der Waals surface area (Å²) in [7, 11) is 0. The van der Waals surface area contributed by atoms with Gasteiger partial charge in [0.1, 0.15) is 11.5 Å². The molecule has 0 saturated heterocycles. The summed E-state index contributed by atoms with van der Waals surface area (Å²) in [5, 5.41) is 2.63. The Morgan fingerprint density at radius 3 is 2.71 bits per heavy atom. The minimum atomic E-state index is -2.74. The van der Waals surface area contributed by atoms with Crippen LogP contribution in [0.5, 0.6) is 0 Å². The number of rotatable bonds is 5. The quantitative estimate of drug-likeness (QED) is 0.922. The van der Waals surface area contributed by atoms with Crippen LogP contribution in [0.2, 0.25) is 0 Å². The van der Waals surface area contributed by atoms with E-state index in [4.69, 9.17) is 0 Å². The van der Waals surface area contributed by atoms with Crippen LogP contribution in [-0.2, 0) is 6.54 Å². The van der Waals surface area contributed by atoms with Crippen LogP contribution in [0.15, 0.2) is 24.5 Å². The van der Waals surface area contributed by atoms with Crippen molar-refractivity contribution in [3.8, 4) is 0 Å². The Morgan fingerprint density at radius 1 is 1.38 bits per heavy atom. The maximum Gasteiger partial charge on any atom is 0.319 e. The number of nitrogens with one attached hydrogen (secondary N) is 1. The second-order valence-corrected chi connectivity index (χ2v) is 5.03. The number of aryl methyl sites for hydroxylation is 1. The lowest BCUT2D eigenvalue weighted by atomic mass is 10.3. The summed E-state index contributed by atoms with van der Waals surface area (Å²) in [6, 6.07) is 3.11. The van der Waals surface area contributed by atoms with Gasteiger partial charge < -0.3 is 9.88 Å². The van der Waals surface area contributed by atoms with Crippen LogP contribution >= 0.6 is 0 Å². The van der Waals surface area contributed by atoms with Crippen molar-refractivity contribution < 1.29 is 13.6 Å². The molecule has 0 aliphatic heterocycles. The van der Waals surface area contributed by atoms with E-state index in [1.165, 1.54) is 19.1 Å². The number of amides is 1. The van der Waals surface area contributed by atoms with Crippen molar-refractivity contribution in [1.29, 1.82) is 0 Å². The van der Waals surface area contributed by atoms with Crippen molar-refractivity contribution in [1.82, 2.24) is 19.4 Å². The van der Waals surface area contributed by atoms with E-state index in [-0.39, 0.29) is 18.3 Å². The Kier molecular flexibility index (Phi) is 4.40. The molecule has 5 nitrogen and oxygen atoms in total. The lowest BCUT2D eigenvalue weighted by molar-refractivity contribution is 0.0617. The highest BCUT2D eigenvalue weighted by atomic mass is 19.3. The van der Waals surface area contributed by atoms with E-state index in [9.17, 15) is 13.6 Å². The maximum atomic E-state index is 12.9. The van der Waals surface area contributed by atoms with Gasteiger partial charge in [0.25, 0.3) is 5.91 Å². The molecule has 0 aliphatic rings. The molecule has 0 aliphatic carbocycles. The van der Waals surface area contributed by atoms with Crippen LogP contribution in [-0.4, -0.2) is 20.0 Å². The van der Waals surface area contributed by atoms with Gasteiger partial charge in [0.05, 0.1) is 6.54 Å². The van der Waals surface area contributed by atoms with Crippen molar-refractivity contribution in [2.24, 2.45) is 0 Å². The zero-order valence-electron chi connectivity index (χ0n) is 12.2. The summed E-state index contributed by atoms with van der Waals surface area (Å²) >= 11 is 0. The third-order valence-corrected chi connectivity index (χ3v) is 3.26. The second kappa shape index (κ2) is 6.07. The van der Waals surface area contributed by atoms with Gasteiger partial charge in [-0.1, -0.05) is 0 Å². The number of halogens is 2. The topological polar surface area (TPSA) is 51.9 Å². The predicted molar refractivity (Wildman–Crippen MR) is 74.2 cm³/mol. The van der Waals surface area contributed by atoms with Gasteiger partial charge in [-0.3, -0.25) is 9.36 Å². The first kappa shape index (κ1) is 15.2. The second-order valence-electron chi connectivity index (χ2n) is 5.03.